The SMILES string of the molecule is CC(C)(C)OC(=O)N1CC[C@@H](O)[C@H]1Cc1ccccc1.CC(C)(C)OC(=O)N1CC[C@H](O)[C@@H]1Cc1ccccc1. The molecule has 2 amide bonds. The Morgan fingerprint density at radius 2 is 1.00 bits per heavy atom. The fourth-order valence-electron chi connectivity index (χ4n) is 4.97. The molecule has 40 heavy (non-hydrogen) atoms. The number of carbonyl (C=O) groups excluding carboxylic acids is 2. The van der Waals surface area contributed by atoms with Crippen molar-refractivity contribution in [3.05, 3.63) is 71.8 Å². The van der Waals surface area contributed by atoms with Crippen LogP contribution in [0.1, 0.15) is 65.5 Å². The molecule has 0 radical (unpaired) electrons. The Hall–Kier alpha value is -3.10. The predicted molar refractivity (Wildman–Crippen MR) is 155 cm³/mol. The summed E-state index contributed by atoms with van der Waals surface area (Å²) in [5.74, 6) is 0. The first kappa shape index (κ1) is 31.4. The number of benzene rings is 2. The van der Waals surface area contributed by atoms with E-state index in [0.717, 1.165) is 11.1 Å². The summed E-state index contributed by atoms with van der Waals surface area (Å²) in [6.07, 6.45) is 0.881. The van der Waals surface area contributed by atoms with Gasteiger partial charge < -0.3 is 29.5 Å². The summed E-state index contributed by atoms with van der Waals surface area (Å²) in [6, 6.07) is 19.4. The molecule has 0 saturated carbocycles. The Bertz CT molecular complexity index is 993. The van der Waals surface area contributed by atoms with Gasteiger partial charge in [-0.2, -0.15) is 0 Å². The fourth-order valence-corrected chi connectivity index (χ4v) is 4.97. The molecule has 2 aliphatic rings. The van der Waals surface area contributed by atoms with Gasteiger partial charge in [-0.1, -0.05) is 60.7 Å². The van der Waals surface area contributed by atoms with Gasteiger partial charge in [0.2, 0.25) is 0 Å². The highest BCUT2D eigenvalue weighted by Gasteiger charge is 2.39. The molecule has 2 N–H and O–H groups in total. The molecule has 2 fully saturated rings. The van der Waals surface area contributed by atoms with Crippen molar-refractivity contribution < 1.29 is 29.3 Å². The van der Waals surface area contributed by atoms with Crippen LogP contribution in [0.4, 0.5) is 9.59 Å². The molecular formula is C32H46N2O6. The summed E-state index contributed by atoms with van der Waals surface area (Å²) in [5.41, 5.74) is 1.21. The van der Waals surface area contributed by atoms with E-state index >= 15 is 0 Å². The van der Waals surface area contributed by atoms with Gasteiger partial charge in [-0.25, -0.2) is 9.59 Å². The number of amides is 2. The largest absolute Gasteiger partial charge is 0.444 e. The highest BCUT2D eigenvalue weighted by Crippen LogP contribution is 2.25. The fraction of sp³-hybridized carbons (Fsp3) is 0.562. The van der Waals surface area contributed by atoms with Gasteiger partial charge in [0.15, 0.2) is 0 Å². The van der Waals surface area contributed by atoms with E-state index in [2.05, 4.69) is 0 Å². The first-order valence-electron chi connectivity index (χ1n) is 14.2. The number of likely N-dealkylation sites (tertiary alicyclic amines) is 2. The Kier molecular flexibility index (Phi) is 10.6. The molecule has 2 aliphatic heterocycles. The summed E-state index contributed by atoms with van der Waals surface area (Å²) >= 11 is 0. The lowest BCUT2D eigenvalue weighted by molar-refractivity contribution is 0.0148. The van der Waals surface area contributed by atoms with E-state index in [1.807, 2.05) is 102 Å². The second-order valence-corrected chi connectivity index (χ2v) is 12.6. The number of hydrogen-bond acceptors (Lipinski definition) is 6. The standard InChI is InChI=1S/2C16H23NO3/c2*1-16(2,3)20-15(19)17-10-9-14(18)13(17)11-12-7-5-4-6-8-12/h2*4-8,13-14,18H,9-11H2,1-3H3/t2*13-,14-/m10/s1. The number of ether oxygens (including phenoxy) is 2. The molecule has 2 aromatic carbocycles. The summed E-state index contributed by atoms with van der Waals surface area (Å²) < 4.78 is 10.8. The molecule has 0 unspecified atom stereocenters. The quantitative estimate of drug-likeness (QED) is 0.539. The van der Waals surface area contributed by atoms with Crippen molar-refractivity contribution >= 4 is 12.2 Å². The second-order valence-electron chi connectivity index (χ2n) is 12.6. The minimum Gasteiger partial charge on any atom is -0.444 e. The molecule has 0 spiro atoms. The zero-order chi connectivity index (χ0) is 29.5. The van der Waals surface area contributed by atoms with Crippen LogP contribution in [0.2, 0.25) is 0 Å². The Balaban J connectivity index is 0.000000220. The Morgan fingerprint density at radius 1 is 0.675 bits per heavy atom. The minimum absolute atomic E-state index is 0.202. The molecule has 8 nitrogen and oxygen atoms in total. The Morgan fingerprint density at radius 3 is 1.30 bits per heavy atom. The summed E-state index contributed by atoms with van der Waals surface area (Å²) in [7, 11) is 0. The maximum atomic E-state index is 12.2. The smallest absolute Gasteiger partial charge is 0.410 e. The highest BCUT2D eigenvalue weighted by atomic mass is 16.6. The summed E-state index contributed by atoms with van der Waals surface area (Å²) in [6.45, 7) is 12.2. The maximum absolute atomic E-state index is 12.2. The van der Waals surface area contributed by atoms with Gasteiger partial charge in [0, 0.05) is 13.1 Å². The van der Waals surface area contributed by atoms with Crippen LogP contribution in [0, 0.1) is 0 Å². The maximum Gasteiger partial charge on any atom is 0.410 e. The molecular weight excluding hydrogens is 508 g/mol. The minimum atomic E-state index is -0.512. The van der Waals surface area contributed by atoms with E-state index in [0.29, 0.717) is 38.8 Å². The molecule has 0 bridgehead atoms. The van der Waals surface area contributed by atoms with Crippen LogP contribution in [-0.2, 0) is 22.3 Å². The number of aliphatic hydroxyl groups is 2. The zero-order valence-electron chi connectivity index (χ0n) is 24.7. The van der Waals surface area contributed by atoms with Crippen molar-refractivity contribution in [2.45, 2.75) is 103 Å². The normalized spacial score (nSPS) is 22.9. The van der Waals surface area contributed by atoms with Gasteiger partial charge in [-0.15, -0.1) is 0 Å². The van der Waals surface area contributed by atoms with Crippen LogP contribution in [0.15, 0.2) is 60.7 Å². The third-order valence-corrected chi connectivity index (χ3v) is 6.85. The van der Waals surface area contributed by atoms with Gasteiger partial charge in [0.05, 0.1) is 24.3 Å². The van der Waals surface area contributed by atoms with E-state index in [-0.39, 0.29) is 24.3 Å². The van der Waals surface area contributed by atoms with Gasteiger partial charge in [0.1, 0.15) is 11.2 Å². The monoisotopic (exact) mass is 554 g/mol. The number of rotatable bonds is 4. The van der Waals surface area contributed by atoms with Crippen molar-refractivity contribution in [1.82, 2.24) is 9.80 Å². The molecule has 2 aromatic rings. The average molecular weight is 555 g/mol. The third kappa shape index (κ3) is 9.52. The summed E-state index contributed by atoms with van der Waals surface area (Å²) in [5, 5.41) is 20.2. The average Bonchev–Trinajstić information content (AvgIpc) is 3.41. The number of aliphatic hydroxyl groups excluding tert-OH is 2. The van der Waals surface area contributed by atoms with Crippen LogP contribution in [0.3, 0.4) is 0 Å². The van der Waals surface area contributed by atoms with Crippen LogP contribution in [-0.4, -0.2) is 80.8 Å². The lowest BCUT2D eigenvalue weighted by Gasteiger charge is -2.29. The van der Waals surface area contributed by atoms with Crippen molar-refractivity contribution in [2.24, 2.45) is 0 Å². The van der Waals surface area contributed by atoms with Crippen molar-refractivity contribution in [3.63, 3.8) is 0 Å². The first-order valence-corrected chi connectivity index (χ1v) is 14.2. The number of hydrogen-bond donors (Lipinski definition) is 2. The molecule has 0 aliphatic carbocycles. The van der Waals surface area contributed by atoms with Crippen molar-refractivity contribution in [1.29, 1.82) is 0 Å². The molecule has 2 heterocycles. The topological polar surface area (TPSA) is 99.5 Å². The van der Waals surface area contributed by atoms with Gasteiger partial charge in [-0.3, -0.25) is 0 Å². The predicted octanol–water partition coefficient (Wildman–Crippen LogP) is 5.20. The molecule has 0 aromatic heterocycles. The molecule has 2 saturated heterocycles. The van der Waals surface area contributed by atoms with E-state index in [9.17, 15) is 19.8 Å². The van der Waals surface area contributed by atoms with Crippen LogP contribution < -0.4 is 0 Å². The Labute approximate surface area is 238 Å². The molecule has 8 heteroatoms. The van der Waals surface area contributed by atoms with Crippen LogP contribution >= 0.6 is 0 Å². The second kappa shape index (κ2) is 13.5. The third-order valence-electron chi connectivity index (χ3n) is 6.85. The summed E-state index contributed by atoms with van der Waals surface area (Å²) in [4.78, 5) is 27.7. The molecule has 4 atom stereocenters. The van der Waals surface area contributed by atoms with E-state index in [4.69, 9.17) is 9.47 Å². The highest BCUT2D eigenvalue weighted by molar-refractivity contribution is 5.69. The van der Waals surface area contributed by atoms with Crippen molar-refractivity contribution in [2.75, 3.05) is 13.1 Å². The molecule has 220 valence electrons. The lowest BCUT2D eigenvalue weighted by Crippen LogP contribution is -2.43. The zero-order valence-corrected chi connectivity index (χ0v) is 24.7. The number of nitrogens with zero attached hydrogens (tertiary/aromatic N) is 2. The van der Waals surface area contributed by atoms with E-state index in [1.165, 1.54) is 0 Å². The van der Waals surface area contributed by atoms with Gasteiger partial charge in [-0.05, 0) is 78.4 Å². The van der Waals surface area contributed by atoms with E-state index < -0.39 is 23.4 Å². The number of carbonyl (C=O) groups is 2. The van der Waals surface area contributed by atoms with Crippen LogP contribution in [0.5, 0.6) is 0 Å². The van der Waals surface area contributed by atoms with E-state index in [1.54, 1.807) is 9.80 Å². The van der Waals surface area contributed by atoms with Crippen LogP contribution in [0.25, 0.3) is 0 Å². The first-order chi connectivity index (χ1) is 18.7. The van der Waals surface area contributed by atoms with Gasteiger partial charge in [0.25, 0.3) is 0 Å². The lowest BCUT2D eigenvalue weighted by atomic mass is 10.0. The van der Waals surface area contributed by atoms with Gasteiger partial charge >= 0.3 is 12.2 Å². The molecule has 4 rings (SSSR count). The van der Waals surface area contributed by atoms with Crippen molar-refractivity contribution in [3.8, 4) is 0 Å².